The summed E-state index contributed by atoms with van der Waals surface area (Å²) in [5.74, 6) is 1.55. The standard InChI is InChI=1S/C18H28/c1-15(2)10-6-5-7-11-17-12-8-9-13-18(17)14-16(3)4/h7-9,11-13,15-16H,5-6,10,14H2,1-4H3/b11-7+. The van der Waals surface area contributed by atoms with Gasteiger partial charge in [0.05, 0.1) is 0 Å². The van der Waals surface area contributed by atoms with Crippen LogP contribution in [0, 0.1) is 11.8 Å². The van der Waals surface area contributed by atoms with Gasteiger partial charge in [0.2, 0.25) is 0 Å². The van der Waals surface area contributed by atoms with Gasteiger partial charge in [0.25, 0.3) is 0 Å². The predicted molar refractivity (Wildman–Crippen MR) is 82.7 cm³/mol. The monoisotopic (exact) mass is 244 g/mol. The van der Waals surface area contributed by atoms with Gasteiger partial charge >= 0.3 is 0 Å². The van der Waals surface area contributed by atoms with Crippen molar-refractivity contribution in [2.75, 3.05) is 0 Å². The van der Waals surface area contributed by atoms with E-state index in [-0.39, 0.29) is 0 Å². The van der Waals surface area contributed by atoms with Gasteiger partial charge in [-0.2, -0.15) is 0 Å². The molecule has 0 heteroatoms. The van der Waals surface area contributed by atoms with Crippen molar-refractivity contribution in [3.8, 4) is 0 Å². The first-order valence-corrected chi connectivity index (χ1v) is 7.34. The number of rotatable bonds is 7. The fourth-order valence-corrected chi connectivity index (χ4v) is 2.18. The number of benzene rings is 1. The molecule has 0 amide bonds. The fourth-order valence-electron chi connectivity index (χ4n) is 2.18. The lowest BCUT2D eigenvalue weighted by Gasteiger charge is -2.08. The topological polar surface area (TPSA) is 0 Å². The number of allylic oxidation sites excluding steroid dienone is 1. The summed E-state index contributed by atoms with van der Waals surface area (Å²) in [5.41, 5.74) is 2.88. The molecule has 0 radical (unpaired) electrons. The summed E-state index contributed by atoms with van der Waals surface area (Å²) in [6, 6.07) is 8.77. The van der Waals surface area contributed by atoms with Gasteiger partial charge in [-0.05, 0) is 42.2 Å². The van der Waals surface area contributed by atoms with Crippen LogP contribution < -0.4 is 0 Å². The van der Waals surface area contributed by atoms with E-state index in [0.717, 1.165) is 11.8 Å². The Morgan fingerprint density at radius 3 is 2.39 bits per heavy atom. The van der Waals surface area contributed by atoms with Crippen molar-refractivity contribution in [1.29, 1.82) is 0 Å². The Hall–Kier alpha value is -1.04. The summed E-state index contributed by atoms with van der Waals surface area (Å²) in [6.07, 6.45) is 9.65. The molecule has 0 bridgehead atoms. The van der Waals surface area contributed by atoms with E-state index in [2.05, 4.69) is 64.1 Å². The Kier molecular flexibility index (Phi) is 6.78. The summed E-state index contributed by atoms with van der Waals surface area (Å²) in [5, 5.41) is 0. The first-order chi connectivity index (χ1) is 8.59. The quantitative estimate of drug-likeness (QED) is 0.538. The molecule has 0 N–H and O–H groups in total. The highest BCUT2D eigenvalue weighted by Crippen LogP contribution is 2.16. The van der Waals surface area contributed by atoms with Crippen molar-refractivity contribution < 1.29 is 0 Å². The van der Waals surface area contributed by atoms with E-state index in [1.807, 2.05) is 0 Å². The molecule has 18 heavy (non-hydrogen) atoms. The molecular formula is C18H28. The van der Waals surface area contributed by atoms with Gasteiger partial charge in [0.1, 0.15) is 0 Å². The molecule has 0 heterocycles. The van der Waals surface area contributed by atoms with Gasteiger partial charge in [-0.1, -0.05) is 70.5 Å². The average molecular weight is 244 g/mol. The minimum absolute atomic E-state index is 0.723. The van der Waals surface area contributed by atoms with Gasteiger partial charge in [0.15, 0.2) is 0 Å². The minimum Gasteiger partial charge on any atom is -0.0839 e. The van der Waals surface area contributed by atoms with Crippen molar-refractivity contribution in [3.63, 3.8) is 0 Å². The molecule has 0 spiro atoms. The molecule has 1 aromatic carbocycles. The Morgan fingerprint density at radius 2 is 1.72 bits per heavy atom. The Balaban J connectivity index is 2.52. The fraction of sp³-hybridized carbons (Fsp3) is 0.556. The molecule has 0 aliphatic rings. The van der Waals surface area contributed by atoms with Crippen LogP contribution in [0.2, 0.25) is 0 Å². The summed E-state index contributed by atoms with van der Waals surface area (Å²) in [4.78, 5) is 0. The molecule has 0 unspecified atom stereocenters. The molecule has 100 valence electrons. The van der Waals surface area contributed by atoms with Crippen LogP contribution in [0.15, 0.2) is 30.3 Å². The van der Waals surface area contributed by atoms with Crippen molar-refractivity contribution >= 4 is 6.08 Å². The summed E-state index contributed by atoms with van der Waals surface area (Å²) in [7, 11) is 0. The number of hydrogen-bond donors (Lipinski definition) is 0. The van der Waals surface area contributed by atoms with Crippen molar-refractivity contribution in [2.45, 2.75) is 53.4 Å². The van der Waals surface area contributed by atoms with Crippen LogP contribution in [0.3, 0.4) is 0 Å². The second-order valence-electron chi connectivity index (χ2n) is 6.02. The maximum absolute atomic E-state index is 2.33. The van der Waals surface area contributed by atoms with Crippen LogP contribution in [-0.2, 0) is 6.42 Å². The van der Waals surface area contributed by atoms with E-state index >= 15 is 0 Å². The Morgan fingerprint density at radius 1 is 1.00 bits per heavy atom. The van der Waals surface area contributed by atoms with Gasteiger partial charge in [-0.15, -0.1) is 0 Å². The smallest absolute Gasteiger partial charge is 0.0228 e. The zero-order valence-corrected chi connectivity index (χ0v) is 12.4. The number of unbranched alkanes of at least 4 members (excludes halogenated alkanes) is 1. The summed E-state index contributed by atoms with van der Waals surface area (Å²) in [6.45, 7) is 9.15. The van der Waals surface area contributed by atoms with Gasteiger partial charge in [0, 0.05) is 0 Å². The van der Waals surface area contributed by atoms with E-state index in [4.69, 9.17) is 0 Å². The lowest BCUT2D eigenvalue weighted by atomic mass is 9.97. The third-order valence-corrected chi connectivity index (χ3v) is 3.13. The van der Waals surface area contributed by atoms with E-state index in [1.165, 1.54) is 36.8 Å². The molecule has 1 aromatic rings. The van der Waals surface area contributed by atoms with Crippen LogP contribution in [0.4, 0.5) is 0 Å². The summed E-state index contributed by atoms with van der Waals surface area (Å²) >= 11 is 0. The molecule has 0 atom stereocenters. The maximum Gasteiger partial charge on any atom is -0.0228 e. The highest BCUT2D eigenvalue weighted by molar-refractivity contribution is 5.53. The minimum atomic E-state index is 0.723. The SMILES string of the molecule is CC(C)CCC/C=C/c1ccccc1CC(C)C. The zero-order chi connectivity index (χ0) is 13.4. The van der Waals surface area contributed by atoms with Crippen LogP contribution in [0.1, 0.15) is 58.1 Å². The zero-order valence-electron chi connectivity index (χ0n) is 12.4. The Labute approximate surface area is 113 Å². The third kappa shape index (κ3) is 6.05. The molecule has 1 rings (SSSR count). The molecule has 0 saturated carbocycles. The van der Waals surface area contributed by atoms with E-state index in [0.29, 0.717) is 0 Å². The molecule has 0 aliphatic heterocycles. The maximum atomic E-state index is 2.33. The second-order valence-corrected chi connectivity index (χ2v) is 6.02. The van der Waals surface area contributed by atoms with Crippen molar-refractivity contribution in [3.05, 3.63) is 41.5 Å². The van der Waals surface area contributed by atoms with Gasteiger partial charge in [-0.25, -0.2) is 0 Å². The predicted octanol–water partition coefficient (Wildman–Crippen LogP) is 5.72. The molecule has 0 saturated heterocycles. The van der Waals surface area contributed by atoms with Gasteiger partial charge < -0.3 is 0 Å². The van der Waals surface area contributed by atoms with E-state index in [1.54, 1.807) is 0 Å². The lowest BCUT2D eigenvalue weighted by Crippen LogP contribution is -1.96. The molecule has 0 aromatic heterocycles. The highest BCUT2D eigenvalue weighted by Gasteiger charge is 2.01. The van der Waals surface area contributed by atoms with Crippen LogP contribution in [0.5, 0.6) is 0 Å². The van der Waals surface area contributed by atoms with E-state index < -0.39 is 0 Å². The molecule has 0 nitrogen and oxygen atoms in total. The lowest BCUT2D eigenvalue weighted by molar-refractivity contribution is 0.560. The molecule has 0 aliphatic carbocycles. The largest absolute Gasteiger partial charge is 0.0839 e. The van der Waals surface area contributed by atoms with Crippen molar-refractivity contribution in [1.82, 2.24) is 0 Å². The van der Waals surface area contributed by atoms with Crippen molar-refractivity contribution in [2.24, 2.45) is 11.8 Å². The van der Waals surface area contributed by atoms with Gasteiger partial charge in [-0.3, -0.25) is 0 Å². The number of hydrogen-bond acceptors (Lipinski definition) is 0. The Bertz CT molecular complexity index is 358. The van der Waals surface area contributed by atoms with E-state index in [9.17, 15) is 0 Å². The second kappa shape index (κ2) is 8.13. The average Bonchev–Trinajstić information content (AvgIpc) is 2.29. The normalized spacial score (nSPS) is 11.9. The molecule has 0 fully saturated rings. The first-order valence-electron chi connectivity index (χ1n) is 7.34. The highest BCUT2D eigenvalue weighted by atomic mass is 14.1. The first kappa shape index (κ1) is 15.0. The third-order valence-electron chi connectivity index (χ3n) is 3.13. The van der Waals surface area contributed by atoms with Crippen LogP contribution in [-0.4, -0.2) is 0 Å². The molecular weight excluding hydrogens is 216 g/mol. The summed E-state index contributed by atoms with van der Waals surface area (Å²) < 4.78 is 0. The van der Waals surface area contributed by atoms with Crippen LogP contribution in [0.25, 0.3) is 6.08 Å². The van der Waals surface area contributed by atoms with Crippen LogP contribution >= 0.6 is 0 Å².